The number of benzene rings is 1. The smallest absolute Gasteiger partial charge is 0.203 e. The van der Waals surface area contributed by atoms with Gasteiger partial charge in [0.25, 0.3) is 0 Å². The molecule has 3 aromatic heterocycles. The number of hydrogen-bond donors (Lipinski definition) is 1. The average Bonchev–Trinajstić information content (AvgIpc) is 3.17. The molecule has 0 atom stereocenters. The summed E-state index contributed by atoms with van der Waals surface area (Å²) in [6.45, 7) is 0. The van der Waals surface area contributed by atoms with Crippen LogP contribution in [0.3, 0.4) is 0 Å². The maximum absolute atomic E-state index is 5.48. The molecule has 0 unspecified atom stereocenters. The van der Waals surface area contributed by atoms with Gasteiger partial charge in [0.1, 0.15) is 5.69 Å². The van der Waals surface area contributed by atoms with Gasteiger partial charge in [-0.15, -0.1) is 0 Å². The first kappa shape index (κ1) is 16.8. The molecule has 0 fully saturated rings. The van der Waals surface area contributed by atoms with E-state index in [0.29, 0.717) is 17.2 Å². The van der Waals surface area contributed by atoms with Crippen molar-refractivity contribution in [1.29, 1.82) is 0 Å². The summed E-state index contributed by atoms with van der Waals surface area (Å²) in [4.78, 5) is 8.69. The number of fused-ring (bicyclic) bond motifs is 1. The Morgan fingerprint density at radius 3 is 2.11 bits per heavy atom. The lowest BCUT2D eigenvalue weighted by Crippen LogP contribution is -1.96. The molecular formula is C20H18N4O3. The summed E-state index contributed by atoms with van der Waals surface area (Å²) < 4.78 is 16.4. The van der Waals surface area contributed by atoms with Crippen molar-refractivity contribution in [2.75, 3.05) is 21.3 Å². The third-order valence-corrected chi connectivity index (χ3v) is 4.37. The number of aromatic nitrogens is 4. The lowest BCUT2D eigenvalue weighted by molar-refractivity contribution is 0.324. The van der Waals surface area contributed by atoms with Crippen molar-refractivity contribution in [3.63, 3.8) is 0 Å². The minimum absolute atomic E-state index is 0.539. The molecule has 1 N–H and O–H groups in total. The van der Waals surface area contributed by atoms with E-state index in [4.69, 9.17) is 14.2 Å². The van der Waals surface area contributed by atoms with Crippen LogP contribution in [0, 0.1) is 0 Å². The number of ether oxygens (including phenoxy) is 3. The average molecular weight is 362 g/mol. The van der Waals surface area contributed by atoms with Crippen molar-refractivity contribution in [2.24, 2.45) is 0 Å². The van der Waals surface area contributed by atoms with Crippen LogP contribution in [-0.2, 0) is 0 Å². The standard InChI is InChI=1S/C20H18N4O3/c1-25-15-10-13(11-16(26-2)20(15)27-3)18-17-14(6-9-22-18)23-24-19(17)12-4-7-21-8-5-12/h4-11H,1-3H3,(H,23,24). The molecule has 7 nitrogen and oxygen atoms in total. The van der Waals surface area contributed by atoms with E-state index in [-0.39, 0.29) is 0 Å². The van der Waals surface area contributed by atoms with Crippen molar-refractivity contribution in [1.82, 2.24) is 20.2 Å². The molecule has 0 spiro atoms. The molecule has 136 valence electrons. The fourth-order valence-corrected chi connectivity index (χ4v) is 3.12. The maximum atomic E-state index is 5.48. The fraction of sp³-hybridized carbons (Fsp3) is 0.150. The molecule has 1 aromatic carbocycles. The third kappa shape index (κ3) is 2.83. The third-order valence-electron chi connectivity index (χ3n) is 4.37. The van der Waals surface area contributed by atoms with Gasteiger partial charge in [0, 0.05) is 29.7 Å². The fourth-order valence-electron chi connectivity index (χ4n) is 3.12. The van der Waals surface area contributed by atoms with Crippen molar-refractivity contribution >= 4 is 10.9 Å². The second kappa shape index (κ2) is 6.95. The highest BCUT2D eigenvalue weighted by atomic mass is 16.5. The first-order valence-electron chi connectivity index (χ1n) is 8.30. The number of pyridine rings is 2. The van der Waals surface area contributed by atoms with Crippen LogP contribution in [0.2, 0.25) is 0 Å². The Labute approximate surface area is 155 Å². The highest BCUT2D eigenvalue weighted by Crippen LogP contribution is 2.43. The number of methoxy groups -OCH3 is 3. The van der Waals surface area contributed by atoms with Crippen molar-refractivity contribution < 1.29 is 14.2 Å². The Bertz CT molecular complexity index is 1070. The summed E-state index contributed by atoms with van der Waals surface area (Å²) in [5.74, 6) is 1.68. The van der Waals surface area contributed by atoms with Crippen LogP contribution >= 0.6 is 0 Å². The van der Waals surface area contributed by atoms with Crippen molar-refractivity contribution in [3.05, 3.63) is 48.9 Å². The molecule has 0 bridgehead atoms. The highest BCUT2D eigenvalue weighted by molar-refractivity contribution is 6.02. The number of nitrogens with zero attached hydrogens (tertiary/aromatic N) is 3. The molecule has 7 heteroatoms. The van der Waals surface area contributed by atoms with Gasteiger partial charge in [0.2, 0.25) is 5.75 Å². The monoisotopic (exact) mass is 362 g/mol. The molecule has 0 amide bonds. The topological polar surface area (TPSA) is 82.2 Å². The highest BCUT2D eigenvalue weighted by Gasteiger charge is 2.19. The molecule has 4 rings (SSSR count). The Hall–Kier alpha value is -3.61. The van der Waals surface area contributed by atoms with Crippen LogP contribution in [-0.4, -0.2) is 41.5 Å². The maximum Gasteiger partial charge on any atom is 0.203 e. The second-order valence-corrected chi connectivity index (χ2v) is 5.80. The number of H-pyrrole nitrogens is 1. The van der Waals surface area contributed by atoms with E-state index in [1.165, 1.54) is 0 Å². The molecule has 3 heterocycles. The summed E-state index contributed by atoms with van der Waals surface area (Å²) in [7, 11) is 4.77. The largest absolute Gasteiger partial charge is 0.493 e. The molecule has 0 aliphatic carbocycles. The molecule has 0 aliphatic heterocycles. The zero-order chi connectivity index (χ0) is 18.8. The SMILES string of the molecule is COc1cc(-c2nccc3[nH]nc(-c4ccncc4)c23)cc(OC)c1OC. The van der Waals surface area contributed by atoms with Gasteiger partial charge < -0.3 is 14.2 Å². The summed E-state index contributed by atoms with van der Waals surface area (Å²) in [6.07, 6.45) is 5.23. The van der Waals surface area contributed by atoms with Gasteiger partial charge in [0.05, 0.1) is 37.9 Å². The van der Waals surface area contributed by atoms with Gasteiger partial charge in [0.15, 0.2) is 11.5 Å². The molecular weight excluding hydrogens is 344 g/mol. The normalized spacial score (nSPS) is 10.8. The number of rotatable bonds is 5. The second-order valence-electron chi connectivity index (χ2n) is 5.80. The zero-order valence-corrected chi connectivity index (χ0v) is 15.2. The molecule has 0 saturated heterocycles. The van der Waals surface area contributed by atoms with E-state index in [1.807, 2.05) is 30.3 Å². The number of hydrogen-bond acceptors (Lipinski definition) is 6. The zero-order valence-electron chi connectivity index (χ0n) is 15.2. The predicted molar refractivity (Wildman–Crippen MR) is 102 cm³/mol. The minimum atomic E-state index is 0.539. The van der Waals surface area contributed by atoms with Gasteiger partial charge in [-0.05, 0) is 30.3 Å². The first-order valence-corrected chi connectivity index (χ1v) is 8.30. The van der Waals surface area contributed by atoms with Gasteiger partial charge >= 0.3 is 0 Å². The number of nitrogens with one attached hydrogen (secondary N) is 1. The molecule has 0 aliphatic rings. The van der Waals surface area contributed by atoms with E-state index < -0.39 is 0 Å². The van der Waals surface area contributed by atoms with E-state index >= 15 is 0 Å². The molecule has 0 saturated carbocycles. The van der Waals surface area contributed by atoms with E-state index in [9.17, 15) is 0 Å². The van der Waals surface area contributed by atoms with Crippen LogP contribution in [0.15, 0.2) is 48.9 Å². The summed E-state index contributed by atoms with van der Waals surface area (Å²) in [5, 5.41) is 8.48. The summed E-state index contributed by atoms with van der Waals surface area (Å²) in [6, 6.07) is 9.50. The molecule has 4 aromatic rings. The van der Waals surface area contributed by atoms with Crippen LogP contribution in [0.1, 0.15) is 0 Å². The van der Waals surface area contributed by atoms with Crippen LogP contribution in [0.25, 0.3) is 33.4 Å². The summed E-state index contributed by atoms with van der Waals surface area (Å²) >= 11 is 0. The van der Waals surface area contributed by atoms with Crippen molar-refractivity contribution in [3.8, 4) is 39.8 Å². The lowest BCUT2D eigenvalue weighted by atomic mass is 10.0. The molecule has 27 heavy (non-hydrogen) atoms. The van der Waals surface area contributed by atoms with Crippen LogP contribution in [0.5, 0.6) is 17.2 Å². The molecule has 0 radical (unpaired) electrons. The van der Waals surface area contributed by atoms with E-state index in [0.717, 1.165) is 33.4 Å². The van der Waals surface area contributed by atoms with Gasteiger partial charge in [-0.2, -0.15) is 5.10 Å². The first-order chi connectivity index (χ1) is 13.3. The minimum Gasteiger partial charge on any atom is -0.493 e. The van der Waals surface area contributed by atoms with Crippen LogP contribution in [0.4, 0.5) is 0 Å². The Kier molecular flexibility index (Phi) is 4.33. The van der Waals surface area contributed by atoms with Gasteiger partial charge in [-0.3, -0.25) is 15.1 Å². The van der Waals surface area contributed by atoms with Gasteiger partial charge in [-0.25, -0.2) is 0 Å². The Balaban J connectivity index is 1.99. The Morgan fingerprint density at radius 1 is 0.778 bits per heavy atom. The summed E-state index contributed by atoms with van der Waals surface area (Å²) in [5.41, 5.74) is 4.27. The van der Waals surface area contributed by atoms with Crippen LogP contribution < -0.4 is 14.2 Å². The van der Waals surface area contributed by atoms with Crippen molar-refractivity contribution in [2.45, 2.75) is 0 Å². The van der Waals surface area contributed by atoms with E-state index in [2.05, 4.69) is 20.2 Å². The van der Waals surface area contributed by atoms with E-state index in [1.54, 1.807) is 39.9 Å². The predicted octanol–water partition coefficient (Wildman–Crippen LogP) is 3.71. The Morgan fingerprint density at radius 2 is 1.48 bits per heavy atom. The lowest BCUT2D eigenvalue weighted by Gasteiger charge is -2.14. The van der Waals surface area contributed by atoms with Gasteiger partial charge in [-0.1, -0.05) is 0 Å². The quantitative estimate of drug-likeness (QED) is 0.583. The number of aromatic amines is 1.